The van der Waals surface area contributed by atoms with E-state index in [9.17, 15) is 0 Å². The smallest absolute Gasteiger partial charge is 0.249 e. The first-order valence-corrected chi connectivity index (χ1v) is 6.46. The van der Waals surface area contributed by atoms with Crippen LogP contribution < -0.4 is 33.3 Å². The van der Waals surface area contributed by atoms with Gasteiger partial charge in [0.25, 0.3) is 0 Å². The Morgan fingerprint density at radius 1 is 1.15 bits per heavy atom. The van der Waals surface area contributed by atoms with Crippen LogP contribution in [0.4, 0.5) is 0 Å². The summed E-state index contributed by atoms with van der Waals surface area (Å²) >= 11 is 0. The van der Waals surface area contributed by atoms with Crippen LogP contribution in [0.15, 0.2) is 61.2 Å². The molecule has 2 heterocycles. The Labute approximate surface area is 135 Å². The van der Waals surface area contributed by atoms with Crippen LogP contribution in [0.5, 0.6) is 5.75 Å². The molecule has 0 saturated carbocycles. The largest absolute Gasteiger partial charge is 1.00 e. The minimum Gasteiger partial charge on any atom is -1.00 e. The minimum absolute atomic E-state index is 0. The molecule has 3 nitrogen and oxygen atoms in total. The third-order valence-corrected chi connectivity index (χ3v) is 3.10. The highest BCUT2D eigenvalue weighted by molar-refractivity contribution is 5.41. The maximum Gasteiger partial charge on any atom is 0.249 e. The molecule has 1 aromatic carbocycles. The van der Waals surface area contributed by atoms with E-state index in [0.717, 1.165) is 12.3 Å². The molecule has 0 atom stereocenters. The van der Waals surface area contributed by atoms with Gasteiger partial charge in [0.2, 0.25) is 6.33 Å². The van der Waals surface area contributed by atoms with Crippen molar-refractivity contribution in [2.45, 2.75) is 13.5 Å². The topological polar surface area (TPSA) is 17.5 Å². The number of ether oxygens (including phenoxy) is 1. The van der Waals surface area contributed by atoms with Crippen LogP contribution in [-0.2, 0) is 6.54 Å². The van der Waals surface area contributed by atoms with Crippen molar-refractivity contribution in [1.29, 1.82) is 0 Å². The van der Waals surface area contributed by atoms with Crippen molar-refractivity contribution in [3.8, 4) is 5.75 Å². The predicted octanol–water partition coefficient (Wildman–Crippen LogP) is -0.382. The fourth-order valence-corrected chi connectivity index (χ4v) is 2.14. The Morgan fingerprint density at radius 2 is 2.05 bits per heavy atom. The molecule has 0 aliphatic rings. The van der Waals surface area contributed by atoms with Gasteiger partial charge in [-0.2, -0.15) is 0 Å². The molecule has 0 saturated heterocycles. The second-order valence-corrected chi connectivity index (χ2v) is 4.68. The van der Waals surface area contributed by atoms with E-state index in [4.69, 9.17) is 4.74 Å². The first kappa shape index (κ1) is 14.8. The van der Waals surface area contributed by atoms with E-state index < -0.39 is 0 Å². The number of aryl methyl sites for hydroxylation is 1. The van der Waals surface area contributed by atoms with Crippen LogP contribution in [0, 0.1) is 6.92 Å². The Kier molecular flexibility index (Phi) is 5.00. The number of halogens is 1. The summed E-state index contributed by atoms with van der Waals surface area (Å²) < 4.78 is 10.0. The molecular formula is C16H17IN2O. The van der Waals surface area contributed by atoms with Crippen molar-refractivity contribution in [2.75, 3.05) is 6.61 Å². The maximum atomic E-state index is 5.76. The highest BCUT2D eigenvalue weighted by Crippen LogP contribution is 2.11. The van der Waals surface area contributed by atoms with Gasteiger partial charge >= 0.3 is 0 Å². The molecule has 3 aromatic rings. The molecule has 20 heavy (non-hydrogen) atoms. The maximum absolute atomic E-state index is 5.76. The first-order chi connectivity index (χ1) is 9.31. The number of benzene rings is 1. The lowest BCUT2D eigenvalue weighted by atomic mass is 10.2. The number of pyridine rings is 1. The lowest BCUT2D eigenvalue weighted by Gasteiger charge is -2.04. The van der Waals surface area contributed by atoms with Crippen LogP contribution in [0.3, 0.4) is 0 Å². The standard InChI is InChI=1S/C16H17N2O.HI/c1-14-5-4-7-16(11-14)19-10-9-17-12-15-6-2-3-8-18(15)13-17;/h2-8,11-13H,9-10H2,1H3;1H/q+1;/p-1. The molecule has 104 valence electrons. The molecule has 0 fully saturated rings. The summed E-state index contributed by atoms with van der Waals surface area (Å²) in [6, 6.07) is 14.3. The van der Waals surface area contributed by atoms with Gasteiger partial charge in [-0.3, -0.25) is 0 Å². The van der Waals surface area contributed by atoms with Gasteiger partial charge in [-0.15, -0.1) is 0 Å². The lowest BCUT2D eigenvalue weighted by molar-refractivity contribution is -0.696. The average Bonchev–Trinajstić information content (AvgIpc) is 2.81. The molecule has 4 heteroatoms. The van der Waals surface area contributed by atoms with Crippen molar-refractivity contribution in [3.63, 3.8) is 0 Å². The molecule has 0 aliphatic carbocycles. The van der Waals surface area contributed by atoms with Crippen molar-refractivity contribution < 1.29 is 33.3 Å². The first-order valence-electron chi connectivity index (χ1n) is 6.46. The van der Waals surface area contributed by atoms with Crippen molar-refractivity contribution in [3.05, 3.63) is 66.7 Å². The van der Waals surface area contributed by atoms with E-state index in [0.29, 0.717) is 6.61 Å². The summed E-state index contributed by atoms with van der Waals surface area (Å²) in [6.07, 6.45) is 6.25. The number of hydrogen-bond donors (Lipinski definition) is 0. The van der Waals surface area contributed by atoms with Gasteiger partial charge in [-0.1, -0.05) is 18.2 Å². The monoisotopic (exact) mass is 380 g/mol. The average molecular weight is 380 g/mol. The van der Waals surface area contributed by atoms with Gasteiger partial charge in [0, 0.05) is 0 Å². The molecule has 3 rings (SSSR count). The van der Waals surface area contributed by atoms with E-state index in [1.54, 1.807) is 0 Å². The minimum atomic E-state index is 0. The molecule has 2 aromatic heterocycles. The van der Waals surface area contributed by atoms with Gasteiger partial charge < -0.3 is 28.7 Å². The number of imidazole rings is 1. The van der Waals surface area contributed by atoms with Crippen LogP contribution in [0.2, 0.25) is 0 Å². The molecule has 0 aliphatic heterocycles. The van der Waals surface area contributed by atoms with Gasteiger partial charge in [-0.25, -0.2) is 8.97 Å². The van der Waals surface area contributed by atoms with E-state index >= 15 is 0 Å². The highest BCUT2D eigenvalue weighted by Gasteiger charge is 2.05. The van der Waals surface area contributed by atoms with E-state index in [2.05, 4.69) is 46.6 Å². The van der Waals surface area contributed by atoms with Gasteiger partial charge in [0.1, 0.15) is 25.1 Å². The summed E-state index contributed by atoms with van der Waals surface area (Å²) in [4.78, 5) is 0. The number of aromatic nitrogens is 2. The Hall–Kier alpha value is -1.56. The SMILES string of the molecule is Cc1cccc(OCC[n+]2cc3ccccn3c2)c1.[I-]. The van der Waals surface area contributed by atoms with Crippen molar-refractivity contribution in [2.24, 2.45) is 0 Å². The zero-order chi connectivity index (χ0) is 13.1. The normalized spacial score (nSPS) is 10.2. The predicted molar refractivity (Wildman–Crippen MR) is 74.3 cm³/mol. The summed E-state index contributed by atoms with van der Waals surface area (Å²) in [7, 11) is 0. The molecule has 0 bridgehead atoms. The third kappa shape index (κ3) is 3.50. The van der Waals surface area contributed by atoms with Crippen molar-refractivity contribution in [1.82, 2.24) is 4.40 Å². The Bertz CT molecular complexity index is 661. The van der Waals surface area contributed by atoms with Gasteiger partial charge in [0.05, 0.1) is 6.20 Å². The van der Waals surface area contributed by atoms with Crippen LogP contribution in [0.1, 0.15) is 5.56 Å². The van der Waals surface area contributed by atoms with Crippen LogP contribution in [-0.4, -0.2) is 11.0 Å². The van der Waals surface area contributed by atoms with E-state index in [1.807, 2.05) is 30.5 Å². The lowest BCUT2D eigenvalue weighted by Crippen LogP contribution is -3.00. The molecular weight excluding hydrogens is 363 g/mol. The molecule has 0 spiro atoms. The third-order valence-electron chi connectivity index (χ3n) is 3.10. The molecule has 0 radical (unpaired) electrons. The zero-order valence-corrected chi connectivity index (χ0v) is 13.5. The zero-order valence-electron chi connectivity index (χ0n) is 11.4. The summed E-state index contributed by atoms with van der Waals surface area (Å²) in [5.41, 5.74) is 2.41. The van der Waals surface area contributed by atoms with E-state index in [1.165, 1.54) is 11.1 Å². The Balaban J connectivity index is 0.00000147. The van der Waals surface area contributed by atoms with Gasteiger partial charge in [0.15, 0.2) is 5.52 Å². The summed E-state index contributed by atoms with van der Waals surface area (Å²) in [5, 5.41) is 0. The van der Waals surface area contributed by atoms with E-state index in [-0.39, 0.29) is 24.0 Å². The number of hydrogen-bond acceptors (Lipinski definition) is 1. The highest BCUT2D eigenvalue weighted by atomic mass is 127. The number of rotatable bonds is 4. The molecule has 0 amide bonds. The molecule has 0 unspecified atom stereocenters. The fourth-order valence-electron chi connectivity index (χ4n) is 2.14. The van der Waals surface area contributed by atoms with Crippen LogP contribution in [0.25, 0.3) is 5.52 Å². The fraction of sp³-hybridized carbons (Fsp3) is 0.188. The second kappa shape index (κ2) is 6.74. The summed E-state index contributed by atoms with van der Waals surface area (Å²) in [6.45, 7) is 3.59. The Morgan fingerprint density at radius 3 is 2.85 bits per heavy atom. The quantitative estimate of drug-likeness (QED) is 0.446. The van der Waals surface area contributed by atoms with Crippen molar-refractivity contribution >= 4 is 5.52 Å². The number of nitrogens with zero attached hydrogens (tertiary/aromatic N) is 2. The van der Waals surface area contributed by atoms with Crippen LogP contribution >= 0.6 is 0 Å². The molecule has 0 N–H and O–H groups in total. The number of fused-ring (bicyclic) bond motifs is 1. The summed E-state index contributed by atoms with van der Waals surface area (Å²) in [5.74, 6) is 0.935. The van der Waals surface area contributed by atoms with Gasteiger partial charge in [-0.05, 0) is 36.8 Å². The second-order valence-electron chi connectivity index (χ2n) is 4.68.